The van der Waals surface area contributed by atoms with E-state index < -0.39 is 0 Å². The van der Waals surface area contributed by atoms with Gasteiger partial charge < -0.3 is 10.5 Å². The van der Waals surface area contributed by atoms with Gasteiger partial charge in [-0.2, -0.15) is 0 Å². The molecule has 0 bridgehead atoms. The van der Waals surface area contributed by atoms with Crippen LogP contribution in [0.15, 0.2) is 30.3 Å². The highest BCUT2D eigenvalue weighted by Gasteiger charge is 2.15. The molecule has 1 heterocycles. The van der Waals surface area contributed by atoms with Gasteiger partial charge in [-0.1, -0.05) is 30.3 Å². The highest BCUT2D eigenvalue weighted by atomic mass is 16.5. The van der Waals surface area contributed by atoms with E-state index >= 15 is 0 Å². The summed E-state index contributed by atoms with van der Waals surface area (Å²) < 4.78 is 5.63. The molecule has 106 valence electrons. The summed E-state index contributed by atoms with van der Waals surface area (Å²) in [6, 6.07) is 11.0. The topological polar surface area (TPSA) is 35.2 Å². The molecule has 2 heteroatoms. The molecule has 2 unspecified atom stereocenters. The van der Waals surface area contributed by atoms with Crippen LogP contribution in [0, 0.1) is 0 Å². The van der Waals surface area contributed by atoms with Gasteiger partial charge in [0.15, 0.2) is 0 Å². The first-order chi connectivity index (χ1) is 9.34. The van der Waals surface area contributed by atoms with Crippen molar-refractivity contribution >= 4 is 0 Å². The van der Waals surface area contributed by atoms with E-state index in [0.29, 0.717) is 12.1 Å². The normalized spacial score (nSPS) is 20.6. The van der Waals surface area contributed by atoms with Crippen LogP contribution in [-0.4, -0.2) is 18.8 Å². The molecule has 2 atom stereocenters. The minimum atomic E-state index is 0.366. The third-order valence-electron chi connectivity index (χ3n) is 4.01. The molecule has 1 aliphatic rings. The number of benzene rings is 1. The molecule has 0 spiro atoms. The molecule has 2 nitrogen and oxygen atoms in total. The van der Waals surface area contributed by atoms with Crippen LogP contribution in [-0.2, 0) is 11.2 Å². The Hall–Kier alpha value is -0.860. The van der Waals surface area contributed by atoms with Crippen molar-refractivity contribution < 1.29 is 4.74 Å². The van der Waals surface area contributed by atoms with Crippen LogP contribution in [0.25, 0.3) is 0 Å². The Morgan fingerprint density at radius 2 is 1.95 bits per heavy atom. The number of hydrogen-bond acceptors (Lipinski definition) is 2. The van der Waals surface area contributed by atoms with Crippen LogP contribution < -0.4 is 5.73 Å². The fourth-order valence-electron chi connectivity index (χ4n) is 2.84. The lowest BCUT2D eigenvalue weighted by Crippen LogP contribution is -2.20. The SMILES string of the molecule is NC(CCCc1ccccc1)CCCC1CCCO1. The summed E-state index contributed by atoms with van der Waals surface area (Å²) in [5.74, 6) is 0. The van der Waals surface area contributed by atoms with E-state index in [1.54, 1.807) is 0 Å². The smallest absolute Gasteiger partial charge is 0.0576 e. The van der Waals surface area contributed by atoms with Gasteiger partial charge in [0, 0.05) is 12.6 Å². The summed E-state index contributed by atoms with van der Waals surface area (Å²) in [7, 11) is 0. The van der Waals surface area contributed by atoms with Crippen molar-refractivity contribution in [3.8, 4) is 0 Å². The molecule has 0 saturated carbocycles. The second kappa shape index (κ2) is 8.34. The van der Waals surface area contributed by atoms with Gasteiger partial charge in [-0.25, -0.2) is 0 Å². The average Bonchev–Trinajstić information content (AvgIpc) is 2.93. The van der Waals surface area contributed by atoms with Crippen molar-refractivity contribution in [3.05, 3.63) is 35.9 Å². The van der Waals surface area contributed by atoms with Gasteiger partial charge >= 0.3 is 0 Å². The Morgan fingerprint density at radius 3 is 2.68 bits per heavy atom. The molecule has 0 aliphatic carbocycles. The summed E-state index contributed by atoms with van der Waals surface area (Å²) in [4.78, 5) is 0. The molecular weight excluding hydrogens is 234 g/mol. The summed E-state index contributed by atoms with van der Waals surface area (Å²) in [6.45, 7) is 0.966. The summed E-state index contributed by atoms with van der Waals surface area (Å²) in [5, 5.41) is 0. The Bertz CT molecular complexity index is 332. The predicted octanol–water partition coefficient (Wildman–Crippen LogP) is 3.69. The van der Waals surface area contributed by atoms with Crippen molar-refractivity contribution in [1.29, 1.82) is 0 Å². The highest BCUT2D eigenvalue weighted by Crippen LogP contribution is 2.18. The summed E-state index contributed by atoms with van der Waals surface area (Å²) in [6.07, 6.45) is 10.1. The Kier molecular flexibility index (Phi) is 6.38. The lowest BCUT2D eigenvalue weighted by atomic mass is 10.00. The zero-order chi connectivity index (χ0) is 13.3. The molecule has 19 heavy (non-hydrogen) atoms. The molecule has 0 radical (unpaired) electrons. The van der Waals surface area contributed by atoms with Gasteiger partial charge in [0.25, 0.3) is 0 Å². The number of hydrogen-bond donors (Lipinski definition) is 1. The van der Waals surface area contributed by atoms with Crippen LogP contribution in [0.1, 0.15) is 50.5 Å². The first-order valence-electron chi connectivity index (χ1n) is 7.75. The van der Waals surface area contributed by atoms with Gasteiger partial charge in [-0.3, -0.25) is 0 Å². The standard InChI is InChI=1S/C17H27NO/c18-16(11-5-12-17-13-6-14-19-17)10-4-9-15-7-2-1-3-8-15/h1-3,7-8,16-17H,4-6,9-14,18H2. The van der Waals surface area contributed by atoms with E-state index in [9.17, 15) is 0 Å². The van der Waals surface area contributed by atoms with E-state index in [2.05, 4.69) is 30.3 Å². The Morgan fingerprint density at radius 1 is 1.16 bits per heavy atom. The molecular formula is C17H27NO. The van der Waals surface area contributed by atoms with Crippen molar-refractivity contribution in [2.45, 2.75) is 63.5 Å². The molecule has 2 rings (SSSR count). The fourth-order valence-corrected chi connectivity index (χ4v) is 2.84. The lowest BCUT2D eigenvalue weighted by Gasteiger charge is -2.13. The zero-order valence-corrected chi connectivity index (χ0v) is 11.9. The lowest BCUT2D eigenvalue weighted by molar-refractivity contribution is 0.101. The minimum Gasteiger partial charge on any atom is -0.378 e. The fraction of sp³-hybridized carbons (Fsp3) is 0.647. The maximum absolute atomic E-state index is 6.18. The number of rotatable bonds is 8. The monoisotopic (exact) mass is 261 g/mol. The number of ether oxygens (including phenoxy) is 1. The van der Waals surface area contributed by atoms with E-state index in [0.717, 1.165) is 25.9 Å². The van der Waals surface area contributed by atoms with Crippen molar-refractivity contribution in [2.24, 2.45) is 5.73 Å². The summed E-state index contributed by atoms with van der Waals surface area (Å²) in [5.41, 5.74) is 7.61. The quantitative estimate of drug-likeness (QED) is 0.774. The zero-order valence-electron chi connectivity index (χ0n) is 11.9. The van der Waals surface area contributed by atoms with E-state index in [1.807, 2.05) is 0 Å². The molecule has 0 amide bonds. The first kappa shape index (κ1) is 14.5. The van der Waals surface area contributed by atoms with E-state index in [4.69, 9.17) is 10.5 Å². The molecule has 1 aromatic rings. The largest absolute Gasteiger partial charge is 0.378 e. The predicted molar refractivity (Wildman–Crippen MR) is 80.2 cm³/mol. The second-order valence-electron chi connectivity index (χ2n) is 5.70. The third kappa shape index (κ3) is 5.75. The van der Waals surface area contributed by atoms with E-state index in [-0.39, 0.29) is 0 Å². The van der Waals surface area contributed by atoms with Gasteiger partial charge in [0.05, 0.1) is 6.10 Å². The van der Waals surface area contributed by atoms with Gasteiger partial charge in [0.2, 0.25) is 0 Å². The molecule has 1 aromatic carbocycles. The number of aryl methyl sites for hydroxylation is 1. The van der Waals surface area contributed by atoms with Crippen molar-refractivity contribution in [2.75, 3.05) is 6.61 Å². The van der Waals surface area contributed by atoms with Crippen LogP contribution >= 0.6 is 0 Å². The number of nitrogens with two attached hydrogens (primary N) is 1. The van der Waals surface area contributed by atoms with Crippen LogP contribution in [0.2, 0.25) is 0 Å². The maximum Gasteiger partial charge on any atom is 0.0576 e. The van der Waals surface area contributed by atoms with Gasteiger partial charge in [0.1, 0.15) is 0 Å². The minimum absolute atomic E-state index is 0.366. The van der Waals surface area contributed by atoms with Crippen molar-refractivity contribution in [1.82, 2.24) is 0 Å². The average molecular weight is 261 g/mol. The van der Waals surface area contributed by atoms with Crippen LogP contribution in [0.5, 0.6) is 0 Å². The maximum atomic E-state index is 6.18. The molecule has 0 aromatic heterocycles. The Labute approximate surface area is 117 Å². The second-order valence-corrected chi connectivity index (χ2v) is 5.70. The van der Waals surface area contributed by atoms with Crippen molar-refractivity contribution in [3.63, 3.8) is 0 Å². The van der Waals surface area contributed by atoms with Gasteiger partial charge in [-0.15, -0.1) is 0 Å². The summed E-state index contributed by atoms with van der Waals surface area (Å²) >= 11 is 0. The molecule has 1 aliphatic heterocycles. The van der Waals surface area contributed by atoms with Crippen LogP contribution in [0.4, 0.5) is 0 Å². The highest BCUT2D eigenvalue weighted by molar-refractivity contribution is 5.14. The first-order valence-corrected chi connectivity index (χ1v) is 7.75. The Balaban J connectivity index is 1.51. The van der Waals surface area contributed by atoms with Crippen LogP contribution in [0.3, 0.4) is 0 Å². The molecule has 2 N–H and O–H groups in total. The molecule has 1 saturated heterocycles. The third-order valence-corrected chi connectivity index (χ3v) is 4.01. The molecule has 1 fully saturated rings. The van der Waals surface area contributed by atoms with Gasteiger partial charge in [-0.05, 0) is 56.9 Å². The van der Waals surface area contributed by atoms with E-state index in [1.165, 1.54) is 37.7 Å².